The van der Waals surface area contributed by atoms with Crippen LogP contribution in [0.4, 0.5) is 0 Å². The minimum Gasteiger partial charge on any atom is -1.00 e. The first-order valence-corrected chi connectivity index (χ1v) is 0. The van der Waals surface area contributed by atoms with Gasteiger partial charge in [-0.25, -0.2) is 0 Å². The quantitative estimate of drug-likeness (QED) is 0.308. The first kappa shape index (κ1) is 52.6. The molecule has 0 saturated carbocycles. The van der Waals surface area contributed by atoms with Crippen molar-refractivity contribution < 1.29 is 53.4 Å². The number of hydrogen-bond donors (Lipinski definition) is 0. The Morgan fingerprint density at radius 2 is 0.667 bits per heavy atom. The molecular weight excluding hydrogens is 315 g/mol. The molecule has 0 nitrogen and oxygen atoms in total. The van der Waals surface area contributed by atoms with Crippen LogP contribution in [0.3, 0.4) is 0 Å². The van der Waals surface area contributed by atoms with Crippen molar-refractivity contribution in [2.75, 3.05) is 0 Å². The average molecular weight is 315 g/mol. The largest absolute Gasteiger partial charge is 2.00 e. The second kappa shape index (κ2) is 37.1. The van der Waals surface area contributed by atoms with Crippen LogP contribution in [0.25, 0.3) is 0 Å². The fourth-order valence-electron chi connectivity index (χ4n) is 0. The molecule has 0 N–H and O–H groups in total. The van der Waals surface area contributed by atoms with E-state index in [1.54, 1.807) is 0 Å². The monoisotopic (exact) mass is 313 g/mol. The summed E-state index contributed by atoms with van der Waals surface area (Å²) in [4.78, 5) is 0. The Bertz CT molecular complexity index is 10.8. The number of hydrogen-bond acceptors (Lipinski definition) is 0. The van der Waals surface area contributed by atoms with Gasteiger partial charge in [0.2, 0.25) is 0 Å². The van der Waals surface area contributed by atoms with Crippen LogP contribution < -0.4 is 53.4 Å². The third-order valence-corrected chi connectivity index (χ3v) is 0. The molecule has 0 fully saturated rings. The molecule has 0 aliphatic heterocycles. The zero-order valence-corrected chi connectivity index (χ0v) is 12.0. The normalized spacial score (nSPS) is 0. The van der Waals surface area contributed by atoms with Gasteiger partial charge in [-0.05, 0) is 0 Å². The van der Waals surface area contributed by atoms with Crippen LogP contribution in [-0.2, 0) is 0 Å². The summed E-state index contributed by atoms with van der Waals surface area (Å²) in [5.41, 5.74) is 0. The van der Waals surface area contributed by atoms with Crippen LogP contribution in [0, 0.1) is 0 Å². The zero-order valence-electron chi connectivity index (χ0n) is 3.26. The van der Waals surface area contributed by atoms with Gasteiger partial charge in [0.15, 0.2) is 0 Å². The maximum atomic E-state index is 0. The molecule has 0 aliphatic rings. The minimum absolute atomic E-state index is 0. The van der Waals surface area contributed by atoms with Gasteiger partial charge in [0.25, 0.3) is 0 Å². The first-order chi connectivity index (χ1) is 0. The van der Waals surface area contributed by atoms with Crippen molar-refractivity contribution in [3.8, 4) is 0 Å². The Balaban J connectivity index is 0. The van der Waals surface area contributed by atoms with Crippen LogP contribution in [0.15, 0.2) is 0 Å². The van der Waals surface area contributed by atoms with Gasteiger partial charge in [0, 0.05) is 0 Å². The Labute approximate surface area is 120 Å². The van der Waals surface area contributed by atoms with Gasteiger partial charge in [-0.2, -0.15) is 0 Å². The van der Waals surface area contributed by atoms with E-state index in [-0.39, 0.29) is 123 Å². The smallest absolute Gasteiger partial charge is 1.00 e. The van der Waals surface area contributed by atoms with Crippen LogP contribution in [0.5, 0.6) is 0 Å². The van der Waals surface area contributed by atoms with E-state index in [0.29, 0.717) is 0 Å². The molecule has 0 amide bonds. The van der Waals surface area contributed by atoms with E-state index in [9.17, 15) is 0 Å². The molecule has 0 unspecified atom stereocenters. The van der Waals surface area contributed by atoms with Crippen molar-refractivity contribution >= 4 is 69.2 Å². The van der Waals surface area contributed by atoms with Crippen LogP contribution in [0.1, 0.15) is 0 Å². The summed E-state index contributed by atoms with van der Waals surface area (Å²) in [7, 11) is 0. The molecular formula is BrClIMg3+3. The van der Waals surface area contributed by atoms with Crippen molar-refractivity contribution in [1.29, 1.82) is 0 Å². The predicted molar refractivity (Wildman–Crippen MR) is 17.3 cm³/mol. The summed E-state index contributed by atoms with van der Waals surface area (Å²) in [6.07, 6.45) is 0. The molecule has 0 heterocycles. The van der Waals surface area contributed by atoms with Gasteiger partial charge < -0.3 is 53.4 Å². The molecule has 0 aromatic rings. The van der Waals surface area contributed by atoms with E-state index in [1.165, 1.54) is 0 Å². The van der Waals surface area contributed by atoms with Crippen LogP contribution >= 0.6 is 0 Å². The Morgan fingerprint density at radius 1 is 0.667 bits per heavy atom. The molecule has 0 aromatic heterocycles. The fraction of sp³-hybridized carbons (Fsp3) is 0. The Hall–Kier alpha value is 3.80. The van der Waals surface area contributed by atoms with Gasteiger partial charge in [-0.3, -0.25) is 0 Å². The topological polar surface area (TPSA) is 0 Å². The molecule has 0 bridgehead atoms. The molecule has 0 aliphatic carbocycles. The molecule has 6 heavy (non-hydrogen) atoms. The Morgan fingerprint density at radius 3 is 0.667 bits per heavy atom. The summed E-state index contributed by atoms with van der Waals surface area (Å²) in [5.74, 6) is 0. The molecule has 0 rings (SSSR count). The number of halogens is 3. The van der Waals surface area contributed by atoms with Crippen molar-refractivity contribution in [3.63, 3.8) is 0 Å². The minimum atomic E-state index is 0. The van der Waals surface area contributed by atoms with Crippen molar-refractivity contribution in [2.45, 2.75) is 0 Å². The van der Waals surface area contributed by atoms with Gasteiger partial charge in [0.05, 0.1) is 0 Å². The first-order valence-electron chi connectivity index (χ1n) is 0. The van der Waals surface area contributed by atoms with E-state index in [0.717, 1.165) is 0 Å². The van der Waals surface area contributed by atoms with Crippen LogP contribution in [-0.4, -0.2) is 69.2 Å². The van der Waals surface area contributed by atoms with Gasteiger partial charge >= 0.3 is 69.2 Å². The van der Waals surface area contributed by atoms with E-state index < -0.39 is 0 Å². The second-order valence-corrected chi connectivity index (χ2v) is 0. The van der Waals surface area contributed by atoms with E-state index in [1.807, 2.05) is 0 Å². The van der Waals surface area contributed by atoms with Gasteiger partial charge in [-0.1, -0.05) is 0 Å². The summed E-state index contributed by atoms with van der Waals surface area (Å²) >= 11 is 0. The molecule has 0 atom stereocenters. The molecule has 24 valence electrons. The maximum absolute atomic E-state index is 0. The maximum Gasteiger partial charge on any atom is 2.00 e. The molecule has 0 aromatic carbocycles. The molecule has 6 heteroatoms. The third kappa shape index (κ3) is 25.0. The average Bonchev–Trinajstić information content (AvgIpc) is 0. The predicted octanol–water partition coefficient (Wildman–Crippen LogP) is -10.1. The van der Waals surface area contributed by atoms with Crippen molar-refractivity contribution in [1.82, 2.24) is 0 Å². The number of rotatable bonds is 0. The van der Waals surface area contributed by atoms with Crippen molar-refractivity contribution in [2.24, 2.45) is 0 Å². The van der Waals surface area contributed by atoms with Gasteiger partial charge in [-0.15, -0.1) is 0 Å². The van der Waals surface area contributed by atoms with Crippen LogP contribution in [0.2, 0.25) is 0 Å². The van der Waals surface area contributed by atoms with Crippen molar-refractivity contribution in [3.05, 3.63) is 0 Å². The molecule has 0 spiro atoms. The van der Waals surface area contributed by atoms with E-state index in [4.69, 9.17) is 0 Å². The summed E-state index contributed by atoms with van der Waals surface area (Å²) < 4.78 is 0. The summed E-state index contributed by atoms with van der Waals surface area (Å²) in [6, 6.07) is 0. The molecule has 0 saturated heterocycles. The van der Waals surface area contributed by atoms with E-state index in [2.05, 4.69) is 0 Å². The molecule has 0 radical (unpaired) electrons. The zero-order chi connectivity index (χ0) is 0. The SMILES string of the molecule is [Br-].[Cl-].[I-].[Mg+2].[Mg+2].[Mg+2]. The Kier molecular flexibility index (Phi) is 325. The standard InChI is InChI=1S/BrH.ClH.HI.3Mg/h3*1H;;;/q;;;3*+2/p-3. The van der Waals surface area contributed by atoms with Gasteiger partial charge in [0.1, 0.15) is 0 Å². The second-order valence-electron chi connectivity index (χ2n) is 0. The fourth-order valence-corrected chi connectivity index (χ4v) is 0. The van der Waals surface area contributed by atoms with E-state index >= 15 is 0 Å². The third-order valence-electron chi connectivity index (χ3n) is 0. The summed E-state index contributed by atoms with van der Waals surface area (Å²) in [6.45, 7) is 0. The summed E-state index contributed by atoms with van der Waals surface area (Å²) in [5, 5.41) is 0.